The van der Waals surface area contributed by atoms with Gasteiger partial charge < -0.3 is 5.73 Å². The number of hydrogen-bond acceptors (Lipinski definition) is 1. The van der Waals surface area contributed by atoms with Crippen LogP contribution in [0.3, 0.4) is 0 Å². The second kappa shape index (κ2) is 3.46. The summed E-state index contributed by atoms with van der Waals surface area (Å²) >= 11 is 0. The maximum absolute atomic E-state index is 5.91. The summed E-state index contributed by atoms with van der Waals surface area (Å²) in [7, 11) is 0. The molecule has 80 valence electrons. The van der Waals surface area contributed by atoms with E-state index in [1.54, 1.807) is 0 Å². The Morgan fingerprint density at radius 3 is 2.56 bits per heavy atom. The topological polar surface area (TPSA) is 26.0 Å². The van der Waals surface area contributed by atoms with Crippen LogP contribution in [-0.2, 0) is 6.42 Å². The number of nitrogens with two attached hydrogens (primary N) is 1. The van der Waals surface area contributed by atoms with Gasteiger partial charge in [-0.15, -0.1) is 0 Å². The molecule has 0 spiro atoms. The summed E-state index contributed by atoms with van der Waals surface area (Å²) in [6.07, 6.45) is 1.05. The zero-order valence-corrected chi connectivity index (χ0v) is 9.40. The van der Waals surface area contributed by atoms with Crippen molar-refractivity contribution in [3.63, 3.8) is 0 Å². The molecule has 1 atom stereocenters. The fourth-order valence-electron chi connectivity index (χ4n) is 2.45. The molecule has 2 N–H and O–H groups in total. The molecule has 0 radical (unpaired) electrons. The molecule has 1 aliphatic rings. The average molecular weight is 209 g/mol. The van der Waals surface area contributed by atoms with Gasteiger partial charge >= 0.3 is 0 Å². The molecule has 0 aliphatic heterocycles. The summed E-state index contributed by atoms with van der Waals surface area (Å²) in [5.74, 6) is 0. The van der Waals surface area contributed by atoms with E-state index in [-0.39, 0.29) is 6.04 Å². The maximum atomic E-state index is 5.91. The molecule has 0 heterocycles. The smallest absolute Gasteiger partial charge is 0.0266 e. The third-order valence-corrected chi connectivity index (χ3v) is 3.34. The molecule has 3 rings (SSSR count). The molecular formula is C15H15N. The van der Waals surface area contributed by atoms with Crippen LogP contribution in [0, 0.1) is 0 Å². The van der Waals surface area contributed by atoms with Gasteiger partial charge in [-0.2, -0.15) is 0 Å². The van der Waals surface area contributed by atoms with Gasteiger partial charge in [0.15, 0.2) is 0 Å². The molecule has 1 aliphatic carbocycles. The Bertz CT molecular complexity index is 541. The lowest BCUT2D eigenvalue weighted by Gasteiger charge is -2.08. The zero-order valence-electron chi connectivity index (χ0n) is 9.40. The minimum Gasteiger partial charge on any atom is -0.324 e. The van der Waals surface area contributed by atoms with Crippen LogP contribution in [0.4, 0.5) is 0 Å². The quantitative estimate of drug-likeness (QED) is 0.654. The van der Waals surface area contributed by atoms with Crippen molar-refractivity contribution in [1.29, 1.82) is 0 Å². The normalized spacial score (nSPS) is 14.4. The van der Waals surface area contributed by atoms with E-state index in [0.717, 1.165) is 6.42 Å². The Labute approximate surface area is 95.9 Å². The van der Waals surface area contributed by atoms with Crippen molar-refractivity contribution in [2.24, 2.45) is 5.73 Å². The van der Waals surface area contributed by atoms with Crippen molar-refractivity contribution < 1.29 is 0 Å². The molecule has 0 aromatic heterocycles. The van der Waals surface area contributed by atoms with Crippen LogP contribution in [-0.4, -0.2) is 0 Å². The molecule has 2 aromatic rings. The van der Waals surface area contributed by atoms with Crippen LogP contribution in [0.15, 0.2) is 42.5 Å². The molecule has 0 bridgehead atoms. The van der Waals surface area contributed by atoms with Crippen molar-refractivity contribution >= 4 is 0 Å². The maximum Gasteiger partial charge on any atom is 0.0266 e. The van der Waals surface area contributed by atoms with Gasteiger partial charge in [-0.1, -0.05) is 42.5 Å². The highest BCUT2D eigenvalue weighted by Gasteiger charge is 2.18. The second-order valence-electron chi connectivity index (χ2n) is 4.54. The largest absolute Gasteiger partial charge is 0.324 e. The highest BCUT2D eigenvalue weighted by atomic mass is 14.6. The molecule has 2 aromatic carbocycles. The molecule has 0 unspecified atom stereocenters. The first-order valence-electron chi connectivity index (χ1n) is 5.72. The van der Waals surface area contributed by atoms with E-state index < -0.39 is 0 Å². The Morgan fingerprint density at radius 2 is 1.75 bits per heavy atom. The van der Waals surface area contributed by atoms with E-state index in [2.05, 4.69) is 42.5 Å². The summed E-state index contributed by atoms with van der Waals surface area (Å²) < 4.78 is 0. The van der Waals surface area contributed by atoms with E-state index >= 15 is 0 Å². The van der Waals surface area contributed by atoms with E-state index in [1.165, 1.54) is 27.8 Å². The van der Waals surface area contributed by atoms with Crippen LogP contribution in [0.2, 0.25) is 0 Å². The lowest BCUT2D eigenvalue weighted by atomic mass is 10.0. The van der Waals surface area contributed by atoms with Crippen LogP contribution >= 0.6 is 0 Å². The van der Waals surface area contributed by atoms with Gasteiger partial charge in [-0.3, -0.25) is 0 Å². The summed E-state index contributed by atoms with van der Waals surface area (Å²) in [6.45, 7) is 2.03. The van der Waals surface area contributed by atoms with Gasteiger partial charge in [0.05, 0.1) is 0 Å². The predicted molar refractivity (Wildman–Crippen MR) is 67.3 cm³/mol. The summed E-state index contributed by atoms with van der Waals surface area (Å²) in [6, 6.07) is 15.3. The van der Waals surface area contributed by atoms with Crippen LogP contribution < -0.4 is 5.73 Å². The van der Waals surface area contributed by atoms with E-state index in [1.807, 2.05) is 6.92 Å². The minimum atomic E-state index is 0.119. The van der Waals surface area contributed by atoms with Crippen LogP contribution in [0.25, 0.3) is 11.1 Å². The van der Waals surface area contributed by atoms with Crippen LogP contribution in [0.1, 0.15) is 29.7 Å². The third-order valence-electron chi connectivity index (χ3n) is 3.34. The first-order chi connectivity index (χ1) is 7.75. The molecule has 1 heteroatoms. The highest BCUT2D eigenvalue weighted by molar-refractivity contribution is 5.76. The standard InChI is InChI=1S/C15H15N/c1-10(16)11-6-7-15-13(8-11)9-12-4-2-3-5-14(12)15/h2-8,10H,9,16H2,1H3/t10-/m1/s1. The van der Waals surface area contributed by atoms with Crippen molar-refractivity contribution in [1.82, 2.24) is 0 Å². The third kappa shape index (κ3) is 1.36. The summed E-state index contributed by atoms with van der Waals surface area (Å²) in [4.78, 5) is 0. The van der Waals surface area contributed by atoms with Gasteiger partial charge in [0.2, 0.25) is 0 Å². The number of rotatable bonds is 1. The summed E-state index contributed by atoms with van der Waals surface area (Å²) in [5, 5.41) is 0. The van der Waals surface area contributed by atoms with E-state index in [9.17, 15) is 0 Å². The van der Waals surface area contributed by atoms with Crippen molar-refractivity contribution in [3.8, 4) is 11.1 Å². The number of hydrogen-bond donors (Lipinski definition) is 1. The fourth-order valence-corrected chi connectivity index (χ4v) is 2.45. The predicted octanol–water partition coefficient (Wildman–Crippen LogP) is 3.28. The van der Waals surface area contributed by atoms with Gasteiger partial charge in [-0.05, 0) is 41.2 Å². The molecule has 1 nitrogen and oxygen atoms in total. The van der Waals surface area contributed by atoms with Crippen molar-refractivity contribution in [3.05, 3.63) is 59.2 Å². The molecule has 0 fully saturated rings. The van der Waals surface area contributed by atoms with Gasteiger partial charge in [0.1, 0.15) is 0 Å². The molecular weight excluding hydrogens is 194 g/mol. The van der Waals surface area contributed by atoms with Crippen molar-refractivity contribution in [2.75, 3.05) is 0 Å². The monoisotopic (exact) mass is 209 g/mol. The Hall–Kier alpha value is -1.60. The van der Waals surface area contributed by atoms with Gasteiger partial charge in [-0.25, -0.2) is 0 Å². The summed E-state index contributed by atoms with van der Waals surface area (Å²) in [5.41, 5.74) is 12.7. The molecule has 16 heavy (non-hydrogen) atoms. The lowest BCUT2D eigenvalue weighted by molar-refractivity contribution is 0.816. The van der Waals surface area contributed by atoms with E-state index in [0.29, 0.717) is 0 Å². The van der Waals surface area contributed by atoms with E-state index in [4.69, 9.17) is 5.73 Å². The molecule has 0 saturated heterocycles. The Balaban J connectivity index is 2.14. The van der Waals surface area contributed by atoms with Crippen LogP contribution in [0.5, 0.6) is 0 Å². The fraction of sp³-hybridized carbons (Fsp3) is 0.200. The molecule has 0 saturated carbocycles. The zero-order chi connectivity index (χ0) is 11.1. The second-order valence-corrected chi connectivity index (χ2v) is 4.54. The first kappa shape index (κ1) is 9.61. The minimum absolute atomic E-state index is 0.119. The SMILES string of the molecule is C[C@@H](N)c1ccc2c(c1)Cc1ccccc1-2. The van der Waals surface area contributed by atoms with Gasteiger partial charge in [0, 0.05) is 6.04 Å². The highest BCUT2D eigenvalue weighted by Crippen LogP contribution is 2.37. The average Bonchev–Trinajstić information content (AvgIpc) is 2.66. The van der Waals surface area contributed by atoms with Crippen molar-refractivity contribution in [2.45, 2.75) is 19.4 Å². The van der Waals surface area contributed by atoms with Gasteiger partial charge in [0.25, 0.3) is 0 Å². The number of benzene rings is 2. The first-order valence-corrected chi connectivity index (χ1v) is 5.72. The lowest BCUT2D eigenvalue weighted by Crippen LogP contribution is -2.05. The molecule has 0 amide bonds. The Kier molecular flexibility index (Phi) is 2.08. The Morgan fingerprint density at radius 1 is 1.00 bits per heavy atom. The number of fused-ring (bicyclic) bond motifs is 3.